The molecule has 0 fully saturated rings. The third-order valence-electron chi connectivity index (χ3n) is 2.20. The zero-order chi connectivity index (χ0) is 12.8. The number of hydrogen-bond donors (Lipinski definition) is 2. The Hall–Kier alpha value is -1.69. The van der Waals surface area contributed by atoms with Crippen LogP contribution in [0.25, 0.3) is 0 Å². The van der Waals surface area contributed by atoms with Gasteiger partial charge in [0.2, 0.25) is 0 Å². The molecular formula is C11H19N5O. The molecule has 1 unspecified atom stereocenters. The van der Waals surface area contributed by atoms with Crippen molar-refractivity contribution in [2.75, 3.05) is 26.0 Å². The molecule has 6 heteroatoms. The van der Waals surface area contributed by atoms with Gasteiger partial charge in [0.05, 0.1) is 0 Å². The Morgan fingerprint density at radius 2 is 2.18 bits per heavy atom. The summed E-state index contributed by atoms with van der Waals surface area (Å²) in [7, 11) is 3.36. The SMILES string of the molecule is CC(N)CCNc1ccc(C(=O)N(C)C)nn1. The maximum atomic E-state index is 11.5. The minimum atomic E-state index is -0.153. The number of aromatic nitrogens is 2. The van der Waals surface area contributed by atoms with E-state index in [1.807, 2.05) is 6.92 Å². The quantitative estimate of drug-likeness (QED) is 0.771. The van der Waals surface area contributed by atoms with Gasteiger partial charge in [-0.05, 0) is 25.5 Å². The van der Waals surface area contributed by atoms with Crippen LogP contribution in [0.5, 0.6) is 0 Å². The predicted octanol–water partition coefficient (Wildman–Crippen LogP) is 0.328. The highest BCUT2D eigenvalue weighted by Gasteiger charge is 2.09. The van der Waals surface area contributed by atoms with Crippen LogP contribution in [0.15, 0.2) is 12.1 Å². The number of carbonyl (C=O) groups is 1. The number of nitrogens with two attached hydrogens (primary N) is 1. The van der Waals surface area contributed by atoms with Gasteiger partial charge < -0.3 is 16.0 Å². The van der Waals surface area contributed by atoms with Crippen LogP contribution in [0.4, 0.5) is 5.82 Å². The molecule has 1 aromatic rings. The van der Waals surface area contributed by atoms with Gasteiger partial charge in [0.1, 0.15) is 5.82 Å². The molecule has 1 heterocycles. The monoisotopic (exact) mass is 237 g/mol. The number of hydrogen-bond acceptors (Lipinski definition) is 5. The van der Waals surface area contributed by atoms with E-state index >= 15 is 0 Å². The topological polar surface area (TPSA) is 84.1 Å². The number of nitrogens with zero attached hydrogens (tertiary/aromatic N) is 3. The Morgan fingerprint density at radius 1 is 1.47 bits per heavy atom. The summed E-state index contributed by atoms with van der Waals surface area (Å²) in [5, 5.41) is 10.9. The fourth-order valence-electron chi connectivity index (χ4n) is 1.20. The van der Waals surface area contributed by atoms with Crippen molar-refractivity contribution in [3.05, 3.63) is 17.8 Å². The van der Waals surface area contributed by atoms with E-state index in [-0.39, 0.29) is 11.9 Å². The van der Waals surface area contributed by atoms with E-state index in [9.17, 15) is 4.79 Å². The van der Waals surface area contributed by atoms with E-state index < -0.39 is 0 Å². The maximum absolute atomic E-state index is 11.5. The predicted molar refractivity (Wildman–Crippen MR) is 66.8 cm³/mol. The summed E-state index contributed by atoms with van der Waals surface area (Å²) >= 11 is 0. The molecule has 0 spiro atoms. The Morgan fingerprint density at radius 3 is 2.65 bits per heavy atom. The molecular weight excluding hydrogens is 218 g/mol. The summed E-state index contributed by atoms with van der Waals surface area (Å²) in [6.07, 6.45) is 0.861. The van der Waals surface area contributed by atoms with Crippen LogP contribution in [-0.2, 0) is 0 Å². The fraction of sp³-hybridized carbons (Fsp3) is 0.545. The van der Waals surface area contributed by atoms with Crippen molar-refractivity contribution in [3.63, 3.8) is 0 Å². The van der Waals surface area contributed by atoms with Gasteiger partial charge in [-0.25, -0.2) is 0 Å². The van der Waals surface area contributed by atoms with Gasteiger partial charge in [-0.2, -0.15) is 0 Å². The molecule has 1 amide bonds. The normalized spacial score (nSPS) is 12.0. The van der Waals surface area contributed by atoms with E-state index in [1.54, 1.807) is 26.2 Å². The number of rotatable bonds is 5. The van der Waals surface area contributed by atoms with E-state index in [0.29, 0.717) is 11.5 Å². The first kappa shape index (κ1) is 13.4. The van der Waals surface area contributed by atoms with Crippen molar-refractivity contribution in [2.45, 2.75) is 19.4 Å². The van der Waals surface area contributed by atoms with Crippen molar-refractivity contribution in [3.8, 4) is 0 Å². The second kappa shape index (κ2) is 6.15. The first-order valence-corrected chi connectivity index (χ1v) is 5.55. The average molecular weight is 237 g/mol. The Balaban J connectivity index is 2.53. The molecule has 17 heavy (non-hydrogen) atoms. The first-order chi connectivity index (χ1) is 8.00. The van der Waals surface area contributed by atoms with Crippen LogP contribution in [0.2, 0.25) is 0 Å². The van der Waals surface area contributed by atoms with Gasteiger partial charge in [-0.15, -0.1) is 10.2 Å². The summed E-state index contributed by atoms with van der Waals surface area (Å²) in [5.74, 6) is 0.501. The van der Waals surface area contributed by atoms with Crippen LogP contribution in [0.1, 0.15) is 23.8 Å². The van der Waals surface area contributed by atoms with E-state index in [1.165, 1.54) is 4.90 Å². The molecule has 1 atom stereocenters. The number of anilines is 1. The van der Waals surface area contributed by atoms with Crippen LogP contribution in [-0.4, -0.2) is 47.7 Å². The molecule has 0 radical (unpaired) electrons. The van der Waals surface area contributed by atoms with Crippen molar-refractivity contribution in [1.29, 1.82) is 0 Å². The summed E-state index contributed by atoms with van der Waals surface area (Å²) in [5.41, 5.74) is 5.97. The smallest absolute Gasteiger partial charge is 0.273 e. The number of carbonyl (C=O) groups excluding carboxylic acids is 1. The van der Waals surface area contributed by atoms with Crippen LogP contribution < -0.4 is 11.1 Å². The van der Waals surface area contributed by atoms with E-state index in [0.717, 1.165) is 13.0 Å². The van der Waals surface area contributed by atoms with Crippen molar-refractivity contribution in [2.24, 2.45) is 5.73 Å². The first-order valence-electron chi connectivity index (χ1n) is 5.55. The molecule has 1 aromatic heterocycles. The molecule has 0 saturated carbocycles. The highest BCUT2D eigenvalue weighted by Crippen LogP contribution is 2.03. The minimum Gasteiger partial charge on any atom is -0.369 e. The lowest BCUT2D eigenvalue weighted by atomic mass is 10.2. The molecule has 94 valence electrons. The van der Waals surface area contributed by atoms with Gasteiger partial charge in [-0.3, -0.25) is 4.79 Å². The molecule has 0 aliphatic carbocycles. The van der Waals surface area contributed by atoms with Crippen molar-refractivity contribution < 1.29 is 4.79 Å². The maximum Gasteiger partial charge on any atom is 0.273 e. The van der Waals surface area contributed by atoms with Gasteiger partial charge in [0, 0.05) is 26.7 Å². The summed E-state index contributed by atoms with van der Waals surface area (Å²) < 4.78 is 0. The highest BCUT2D eigenvalue weighted by molar-refractivity contribution is 5.91. The third-order valence-corrected chi connectivity index (χ3v) is 2.20. The highest BCUT2D eigenvalue weighted by atomic mass is 16.2. The Kier molecular flexibility index (Phi) is 4.84. The van der Waals surface area contributed by atoms with Gasteiger partial charge >= 0.3 is 0 Å². The molecule has 0 aliphatic rings. The van der Waals surface area contributed by atoms with Gasteiger partial charge in [0.15, 0.2) is 5.69 Å². The molecule has 6 nitrogen and oxygen atoms in total. The Labute approximate surface area is 101 Å². The minimum absolute atomic E-state index is 0.153. The lowest BCUT2D eigenvalue weighted by Gasteiger charge is -2.10. The van der Waals surface area contributed by atoms with Crippen LogP contribution in [0.3, 0.4) is 0 Å². The lowest BCUT2D eigenvalue weighted by Crippen LogP contribution is -2.23. The van der Waals surface area contributed by atoms with Crippen molar-refractivity contribution in [1.82, 2.24) is 15.1 Å². The van der Waals surface area contributed by atoms with E-state index in [4.69, 9.17) is 5.73 Å². The largest absolute Gasteiger partial charge is 0.369 e. The molecule has 1 rings (SSSR count). The summed E-state index contributed by atoms with van der Waals surface area (Å²) in [6.45, 7) is 2.69. The second-order valence-corrected chi connectivity index (χ2v) is 4.20. The van der Waals surface area contributed by atoms with Gasteiger partial charge in [-0.1, -0.05) is 0 Å². The number of nitrogens with one attached hydrogen (secondary N) is 1. The number of amides is 1. The van der Waals surface area contributed by atoms with Crippen molar-refractivity contribution >= 4 is 11.7 Å². The second-order valence-electron chi connectivity index (χ2n) is 4.20. The average Bonchev–Trinajstić information content (AvgIpc) is 2.28. The summed E-state index contributed by atoms with van der Waals surface area (Å²) in [4.78, 5) is 13.0. The zero-order valence-electron chi connectivity index (χ0n) is 10.5. The van der Waals surface area contributed by atoms with E-state index in [2.05, 4.69) is 15.5 Å². The molecule has 0 saturated heterocycles. The Bertz CT molecular complexity index is 361. The van der Waals surface area contributed by atoms with Crippen LogP contribution >= 0.6 is 0 Å². The van der Waals surface area contributed by atoms with Gasteiger partial charge in [0.25, 0.3) is 5.91 Å². The zero-order valence-corrected chi connectivity index (χ0v) is 10.5. The standard InChI is InChI=1S/C11H19N5O/c1-8(12)6-7-13-10-5-4-9(14-15-10)11(17)16(2)3/h4-5,8H,6-7,12H2,1-3H3,(H,13,15). The summed E-state index contributed by atoms with van der Waals surface area (Å²) in [6, 6.07) is 3.55. The lowest BCUT2D eigenvalue weighted by molar-refractivity contribution is 0.0821. The molecule has 0 bridgehead atoms. The third kappa shape index (κ3) is 4.36. The molecule has 0 aromatic carbocycles. The fourth-order valence-corrected chi connectivity index (χ4v) is 1.20. The van der Waals surface area contributed by atoms with Crippen LogP contribution in [0, 0.1) is 0 Å². The molecule has 0 aliphatic heterocycles. The molecule has 3 N–H and O–H groups in total.